The molecule has 5 aromatic rings. The van der Waals surface area contributed by atoms with Crippen LogP contribution in [-0.4, -0.2) is 221 Å². The van der Waals surface area contributed by atoms with Crippen molar-refractivity contribution in [2.45, 2.75) is 69.6 Å². The summed E-state index contributed by atoms with van der Waals surface area (Å²) >= 11 is 0. The number of benzene rings is 2. The minimum absolute atomic E-state index is 0.0625. The molecular formula is C51H71F3N8O21P2. The lowest BCUT2D eigenvalue weighted by molar-refractivity contribution is -0.136. The number of hydrogen-bond acceptors (Lipinski definition) is 24. The van der Waals surface area contributed by atoms with E-state index in [4.69, 9.17) is 61.6 Å². The fraction of sp³-hybridized carbons (Fsp3) is 0.608. The molecule has 4 heterocycles. The Kier molecular flexibility index (Phi) is 26.3. The average Bonchev–Trinajstić information content (AvgIpc) is 1.63. The highest BCUT2D eigenvalue weighted by Crippen LogP contribution is 2.63. The van der Waals surface area contributed by atoms with Crippen LogP contribution in [0.3, 0.4) is 0 Å². The van der Waals surface area contributed by atoms with Gasteiger partial charge in [-0.2, -0.15) is 5.10 Å². The maximum atomic E-state index is 13.6. The molecule has 2 unspecified atom stereocenters. The number of aliphatic hydroxyl groups excluding tert-OH is 2. The normalized spacial score (nSPS) is 19.3. The van der Waals surface area contributed by atoms with Crippen LogP contribution in [0.1, 0.15) is 36.2 Å². The highest BCUT2D eigenvalue weighted by Gasteiger charge is 2.71. The van der Waals surface area contributed by atoms with Crippen LogP contribution in [0.15, 0.2) is 48.8 Å². The third-order valence-corrected chi connectivity index (χ3v) is 16.1. The summed E-state index contributed by atoms with van der Waals surface area (Å²) in [6.45, 7) is 8.43. The van der Waals surface area contributed by atoms with Crippen LogP contribution in [0.4, 0.5) is 19.0 Å². The second-order valence-electron chi connectivity index (χ2n) is 19.2. The highest BCUT2D eigenvalue weighted by molar-refractivity contribution is 7.70. The molecule has 5 N–H and O–H groups in total. The summed E-state index contributed by atoms with van der Waals surface area (Å²) in [4.78, 5) is 51.6. The molecule has 2 fully saturated rings. The molecule has 85 heavy (non-hydrogen) atoms. The van der Waals surface area contributed by atoms with Crippen molar-refractivity contribution in [3.8, 4) is 11.5 Å². The quantitative estimate of drug-likeness (QED) is 0.0162. The van der Waals surface area contributed by atoms with Crippen molar-refractivity contribution in [2.75, 3.05) is 137 Å². The van der Waals surface area contributed by atoms with E-state index in [0.717, 1.165) is 5.56 Å². The molecule has 6 atom stereocenters. The summed E-state index contributed by atoms with van der Waals surface area (Å²) in [7, 11) is -8.12. The molecule has 3 aromatic heterocycles. The fourth-order valence-electron chi connectivity index (χ4n) is 8.56. The van der Waals surface area contributed by atoms with E-state index in [0.29, 0.717) is 146 Å². The number of nitrogens with zero attached hydrogens (tertiary/aromatic N) is 8. The molecule has 34 heteroatoms. The van der Waals surface area contributed by atoms with Gasteiger partial charge in [0.2, 0.25) is 5.75 Å². The average molecular weight is 1250 g/mol. The van der Waals surface area contributed by atoms with Crippen LogP contribution in [0.5, 0.6) is 11.5 Å². The van der Waals surface area contributed by atoms with E-state index in [1.165, 1.54) is 10.9 Å². The number of halogens is 3. The number of aromatic nitrogens is 7. The van der Waals surface area contributed by atoms with Crippen LogP contribution < -0.4 is 14.4 Å². The monoisotopic (exact) mass is 1250 g/mol. The smallest absolute Gasteiger partial charge is 0.340 e. The molecule has 0 bridgehead atoms. The van der Waals surface area contributed by atoms with E-state index in [-0.39, 0.29) is 51.5 Å². The van der Waals surface area contributed by atoms with Gasteiger partial charge in [-0.15, -0.1) is 5.10 Å². The van der Waals surface area contributed by atoms with Crippen LogP contribution in [0, 0.1) is 24.4 Å². The molecule has 1 saturated carbocycles. The molecule has 0 amide bonds. The first-order valence-electron chi connectivity index (χ1n) is 27.0. The topological polar surface area (TPSA) is 350 Å². The van der Waals surface area contributed by atoms with Crippen molar-refractivity contribution < 1.29 is 113 Å². The molecule has 2 aliphatic rings. The van der Waals surface area contributed by atoms with Gasteiger partial charge in [0.15, 0.2) is 29.4 Å². The van der Waals surface area contributed by atoms with Gasteiger partial charge in [0.1, 0.15) is 59.4 Å². The summed E-state index contributed by atoms with van der Waals surface area (Å²) in [6, 6.07) is 8.37. The first-order chi connectivity index (χ1) is 40.8. The molecule has 29 nitrogen and oxygen atoms in total. The number of fused-ring (bicyclic) bond motifs is 1. The third-order valence-electron chi connectivity index (χ3n) is 12.6. The van der Waals surface area contributed by atoms with E-state index in [2.05, 4.69) is 25.1 Å². The van der Waals surface area contributed by atoms with Crippen molar-refractivity contribution >= 4 is 38.0 Å². The number of anilines is 1. The summed E-state index contributed by atoms with van der Waals surface area (Å²) < 4.78 is 138. The number of aryl methyl sites for hydroxylation is 1. The van der Waals surface area contributed by atoms with Crippen LogP contribution in [0.25, 0.3) is 11.0 Å². The maximum absolute atomic E-state index is 13.6. The Morgan fingerprint density at radius 2 is 1.41 bits per heavy atom. The lowest BCUT2D eigenvalue weighted by atomic mass is 10.1. The van der Waals surface area contributed by atoms with Crippen molar-refractivity contribution in [1.82, 2.24) is 34.7 Å². The zero-order chi connectivity index (χ0) is 60.8. The van der Waals surface area contributed by atoms with Crippen LogP contribution >= 0.6 is 15.2 Å². The van der Waals surface area contributed by atoms with Gasteiger partial charge >= 0.3 is 21.2 Å². The van der Waals surface area contributed by atoms with Crippen molar-refractivity contribution in [2.24, 2.45) is 0 Å². The number of ether oxygens (including phenoxy) is 12. The van der Waals surface area contributed by atoms with Gasteiger partial charge in [0.05, 0.1) is 143 Å². The Hall–Kier alpha value is -5.19. The standard InChI is InChI=1S/C51H71F3N8O21P2/c1-35-56-48(40-30-55-62(49(40)57-35)50-45(64)47(65)51(82-50)29-43(51)83-85(69,70)34-84(66,67)68)60(7-10-71-2)31-36-4-3-5-39(26-36)80-25-24-78-21-20-76-18-19-77-22-23-79-33-38-32-61(59-58-38)8-11-73-13-15-75-17-16-74-14-12-72-9-6-44(63)81-46-41(53)27-37(52)28-42(46)54/h3-5,26-28,30,32,43,45,47,50,64-65H,6-25,29,31,33-34H2,1-2H3,(H,69,70)(H2,66,67,68)/t43-,45-,47+,50-,51?/m1/s1. The number of hydrogen-bond donors (Lipinski definition) is 5. The van der Waals surface area contributed by atoms with Gasteiger partial charge in [-0.05, 0) is 24.6 Å². The Bertz CT molecular complexity index is 2960. The van der Waals surface area contributed by atoms with Gasteiger partial charge in [0.25, 0.3) is 0 Å². The summed E-state index contributed by atoms with van der Waals surface area (Å²) in [5, 5.41) is 35.3. The van der Waals surface area contributed by atoms with Crippen molar-refractivity contribution in [1.29, 1.82) is 0 Å². The minimum atomic E-state index is -4.91. The highest BCUT2D eigenvalue weighted by atomic mass is 31.2. The molecule has 7 rings (SSSR count). The largest absolute Gasteiger partial charge is 0.491 e. The SMILES string of the molecule is COCCN(Cc1cccc(OCCOCCOCCOCCOCc2cn(CCOCCOCCOCCOCCC(=O)Oc3c(F)cc(F)cc3F)nn2)c1)c1nc(C)nc2c1cnn2[C@@H]1OC2(C[C@H]2OP(=O)(O)CP(=O)(O)O)[C@@H](O)[C@H]1O. The van der Waals surface area contributed by atoms with E-state index < -0.39 is 80.4 Å². The third kappa shape index (κ3) is 21.3. The van der Waals surface area contributed by atoms with Gasteiger partial charge in [-0.1, -0.05) is 17.3 Å². The maximum Gasteiger partial charge on any atom is 0.340 e. The molecule has 1 spiro atoms. The second-order valence-corrected chi connectivity index (χ2v) is 23.2. The molecule has 472 valence electrons. The predicted molar refractivity (Wildman–Crippen MR) is 288 cm³/mol. The zero-order valence-electron chi connectivity index (χ0n) is 46.8. The minimum Gasteiger partial charge on any atom is -0.491 e. The zero-order valence-corrected chi connectivity index (χ0v) is 48.6. The van der Waals surface area contributed by atoms with E-state index in [1.54, 1.807) is 24.9 Å². The van der Waals surface area contributed by atoms with Gasteiger partial charge in [-0.3, -0.25) is 13.9 Å². The Balaban J connectivity index is 0.682. The van der Waals surface area contributed by atoms with E-state index in [1.807, 2.05) is 29.2 Å². The number of carbonyl (C=O) groups excluding carboxylic acids is 1. The molecule has 1 saturated heterocycles. The lowest BCUT2D eigenvalue weighted by Crippen LogP contribution is -2.35. The number of carbonyl (C=O) groups is 1. The molecule has 2 aromatic carbocycles. The predicted octanol–water partition coefficient (Wildman–Crippen LogP) is 2.60. The fourth-order valence-corrected chi connectivity index (χ4v) is 11.3. The number of rotatable bonds is 42. The summed E-state index contributed by atoms with van der Waals surface area (Å²) in [6.07, 6.45) is -2.84. The molecule has 0 radical (unpaired) electrons. The van der Waals surface area contributed by atoms with Gasteiger partial charge < -0.3 is 91.2 Å². The first-order valence-corrected chi connectivity index (χ1v) is 30.5. The summed E-state index contributed by atoms with van der Waals surface area (Å²) in [5.41, 5.74) is 0.185. The number of methoxy groups -OCH3 is 1. The van der Waals surface area contributed by atoms with E-state index in [9.17, 15) is 52.0 Å². The van der Waals surface area contributed by atoms with Crippen molar-refractivity contribution in [3.63, 3.8) is 0 Å². The Morgan fingerprint density at radius 3 is 2.05 bits per heavy atom. The molecule has 1 aliphatic carbocycles. The Morgan fingerprint density at radius 1 is 0.800 bits per heavy atom. The first kappa shape index (κ1) is 67.3. The lowest BCUT2D eigenvalue weighted by Gasteiger charge is -2.25. The van der Waals surface area contributed by atoms with Crippen LogP contribution in [-0.2, 0) is 85.5 Å². The summed E-state index contributed by atoms with van der Waals surface area (Å²) in [5.74, 6) is -5.59. The van der Waals surface area contributed by atoms with Crippen LogP contribution in [0.2, 0.25) is 0 Å². The number of esters is 1. The molecule has 1 aliphatic heterocycles. The van der Waals surface area contributed by atoms with Crippen molar-refractivity contribution in [3.05, 3.63) is 83.3 Å². The second kappa shape index (κ2) is 33.2. The Labute approximate surface area is 486 Å². The van der Waals surface area contributed by atoms with Gasteiger partial charge in [0, 0.05) is 38.8 Å². The van der Waals surface area contributed by atoms with Gasteiger partial charge in [-0.25, -0.2) is 32.5 Å². The molecular weight excluding hydrogens is 1180 g/mol. The number of aliphatic hydroxyl groups is 2. The van der Waals surface area contributed by atoms with E-state index >= 15 is 0 Å².